The van der Waals surface area contributed by atoms with E-state index >= 15 is 0 Å². The fourth-order valence-electron chi connectivity index (χ4n) is 0. The van der Waals surface area contributed by atoms with Gasteiger partial charge in [-0.25, -0.2) is 0 Å². The van der Waals surface area contributed by atoms with Gasteiger partial charge >= 0.3 is 0 Å². The summed E-state index contributed by atoms with van der Waals surface area (Å²) in [5.74, 6) is 0. The molecule has 0 unspecified atom stereocenters. The Balaban J connectivity index is 3.79. The zero-order valence-corrected chi connectivity index (χ0v) is 6.39. The molecular weight excluding hydrogens is 207 g/mol. The van der Waals surface area contributed by atoms with Gasteiger partial charge in [0.1, 0.15) is 5.60 Å². The van der Waals surface area contributed by atoms with Gasteiger partial charge in [-0.3, -0.25) is 4.79 Å². The topological polar surface area (TPSA) is 37.3 Å². The maximum Gasteiger partial charge on any atom is 0.223 e. The van der Waals surface area contributed by atoms with Gasteiger partial charge in [0.25, 0.3) is 0 Å². The summed E-state index contributed by atoms with van der Waals surface area (Å²) in [5, 5.41) is 8.74. The molecule has 0 saturated heterocycles. The molecule has 0 bridgehead atoms. The quantitative estimate of drug-likeness (QED) is 0.515. The van der Waals surface area contributed by atoms with Crippen molar-refractivity contribution >= 4 is 26.4 Å². The Morgan fingerprint density at radius 3 is 1.86 bits per heavy atom. The third-order valence-corrected chi connectivity index (χ3v) is 1.80. The predicted molar refractivity (Wildman–Crippen MR) is 35.3 cm³/mol. The second-order valence-corrected chi connectivity index (χ2v) is 2.81. The lowest BCUT2D eigenvalue weighted by Gasteiger charge is -2.08. The maximum absolute atomic E-state index is 10.2. The summed E-state index contributed by atoms with van der Waals surface area (Å²) >= 11 is 1.56. The minimum Gasteiger partial charge on any atom is -0.382 e. The third kappa shape index (κ3) is 2.99. The molecule has 0 fully saturated rings. The second-order valence-electron chi connectivity index (χ2n) is 1.83. The molecule has 7 heavy (non-hydrogen) atoms. The highest BCUT2D eigenvalue weighted by Crippen LogP contribution is 2.06. The molecule has 0 aliphatic heterocycles. The summed E-state index contributed by atoms with van der Waals surface area (Å²) in [5.41, 5.74) is -1.15. The molecule has 0 amide bonds. The lowest BCUT2D eigenvalue weighted by atomic mass is 10.2. The predicted octanol–water partition coefficient (Wildman–Crippen LogP) is 0.719. The first-order chi connectivity index (χ1) is 2.94. The zero-order chi connectivity index (χ0) is 6.08. The Morgan fingerprint density at radius 2 is 1.86 bits per heavy atom. The summed E-state index contributed by atoms with van der Waals surface area (Å²) in [7, 11) is 0. The van der Waals surface area contributed by atoms with Gasteiger partial charge < -0.3 is 5.11 Å². The molecule has 0 radical (unpaired) electrons. The molecule has 0 aliphatic carbocycles. The van der Waals surface area contributed by atoms with E-state index in [-0.39, 0.29) is 3.79 Å². The highest BCUT2D eigenvalue weighted by molar-refractivity contribution is 14.1. The third-order valence-electron chi connectivity index (χ3n) is 0.481. The van der Waals surface area contributed by atoms with Crippen molar-refractivity contribution in [2.24, 2.45) is 0 Å². The van der Waals surface area contributed by atoms with Crippen LogP contribution < -0.4 is 0 Å². The van der Waals surface area contributed by atoms with Crippen LogP contribution in [0.3, 0.4) is 0 Å². The number of hydrogen-bond acceptors (Lipinski definition) is 2. The Bertz CT molecular complexity index is 82.2. The summed E-state index contributed by atoms with van der Waals surface area (Å²) in [4.78, 5) is 10.2. The van der Waals surface area contributed by atoms with Gasteiger partial charge in [0.2, 0.25) is 3.79 Å². The van der Waals surface area contributed by atoms with Crippen LogP contribution in [-0.4, -0.2) is 14.5 Å². The number of rotatable bonds is 1. The van der Waals surface area contributed by atoms with Crippen molar-refractivity contribution in [3.8, 4) is 0 Å². The number of halogens is 1. The normalized spacial score (nSPS) is 11.4. The lowest BCUT2D eigenvalue weighted by molar-refractivity contribution is -0.122. The second kappa shape index (κ2) is 2.09. The Hall–Kier alpha value is 0.360. The van der Waals surface area contributed by atoms with Crippen LogP contribution in [-0.2, 0) is 4.79 Å². The van der Waals surface area contributed by atoms with Crippen LogP contribution in [0.15, 0.2) is 0 Å². The van der Waals surface area contributed by atoms with Crippen molar-refractivity contribution < 1.29 is 9.90 Å². The van der Waals surface area contributed by atoms with E-state index in [1.165, 1.54) is 13.8 Å². The molecule has 0 aromatic heterocycles. The minimum atomic E-state index is -1.15. The zero-order valence-electron chi connectivity index (χ0n) is 4.23. The van der Waals surface area contributed by atoms with Crippen molar-refractivity contribution in [2.45, 2.75) is 19.4 Å². The van der Waals surface area contributed by atoms with Gasteiger partial charge in [0.15, 0.2) is 0 Å². The van der Waals surface area contributed by atoms with Crippen LogP contribution in [0.5, 0.6) is 0 Å². The fourth-order valence-corrected chi connectivity index (χ4v) is 0. The summed E-state index contributed by atoms with van der Waals surface area (Å²) in [6, 6.07) is 0. The molecule has 0 aliphatic rings. The Kier molecular flexibility index (Phi) is 2.19. The SMILES string of the molecule is CC(C)(O)C(=O)I. The van der Waals surface area contributed by atoms with E-state index in [1.807, 2.05) is 0 Å². The smallest absolute Gasteiger partial charge is 0.223 e. The molecule has 0 aromatic carbocycles. The summed E-state index contributed by atoms with van der Waals surface area (Å²) in [6.07, 6.45) is 0. The first kappa shape index (κ1) is 7.36. The van der Waals surface area contributed by atoms with Gasteiger partial charge in [-0.1, -0.05) is 0 Å². The van der Waals surface area contributed by atoms with Gasteiger partial charge in [-0.05, 0) is 13.8 Å². The molecule has 0 heterocycles. The highest BCUT2D eigenvalue weighted by Gasteiger charge is 2.19. The van der Waals surface area contributed by atoms with Crippen molar-refractivity contribution in [3.63, 3.8) is 0 Å². The van der Waals surface area contributed by atoms with Crippen LogP contribution in [0.2, 0.25) is 0 Å². The van der Waals surface area contributed by atoms with Crippen LogP contribution in [0.1, 0.15) is 13.8 Å². The number of carbonyl (C=O) groups excluding carboxylic acids is 1. The molecule has 3 heteroatoms. The Morgan fingerprint density at radius 1 is 1.71 bits per heavy atom. The van der Waals surface area contributed by atoms with E-state index in [1.54, 1.807) is 22.6 Å². The van der Waals surface area contributed by atoms with Gasteiger partial charge in [0.05, 0.1) is 0 Å². The minimum absolute atomic E-state index is 0.231. The molecular formula is C4H7IO2. The average molecular weight is 214 g/mol. The van der Waals surface area contributed by atoms with Crippen molar-refractivity contribution in [1.29, 1.82) is 0 Å². The summed E-state index contributed by atoms with van der Waals surface area (Å²) in [6.45, 7) is 2.92. The van der Waals surface area contributed by atoms with E-state index in [2.05, 4.69) is 0 Å². The van der Waals surface area contributed by atoms with E-state index in [9.17, 15) is 4.79 Å². The van der Waals surface area contributed by atoms with Crippen LogP contribution in [0, 0.1) is 0 Å². The van der Waals surface area contributed by atoms with Crippen LogP contribution in [0.4, 0.5) is 0 Å². The molecule has 0 saturated carbocycles. The van der Waals surface area contributed by atoms with Crippen molar-refractivity contribution in [3.05, 3.63) is 0 Å². The molecule has 0 atom stereocenters. The number of aliphatic hydroxyl groups is 1. The van der Waals surface area contributed by atoms with E-state index in [0.29, 0.717) is 0 Å². The van der Waals surface area contributed by atoms with Gasteiger partial charge in [-0.2, -0.15) is 0 Å². The average Bonchev–Trinajstić information content (AvgIpc) is 1.31. The monoisotopic (exact) mass is 214 g/mol. The van der Waals surface area contributed by atoms with Gasteiger partial charge in [0, 0.05) is 22.6 Å². The first-order valence-electron chi connectivity index (χ1n) is 1.87. The maximum atomic E-state index is 10.2. The molecule has 1 N–H and O–H groups in total. The fraction of sp³-hybridized carbons (Fsp3) is 0.750. The lowest BCUT2D eigenvalue weighted by Crippen LogP contribution is -2.25. The summed E-state index contributed by atoms with van der Waals surface area (Å²) < 4.78 is -0.231. The van der Waals surface area contributed by atoms with E-state index in [4.69, 9.17) is 5.11 Å². The molecule has 42 valence electrons. The number of hydrogen-bond donors (Lipinski definition) is 1. The highest BCUT2D eigenvalue weighted by atomic mass is 127. The number of carbonyl (C=O) groups is 1. The molecule has 0 rings (SSSR count). The first-order valence-corrected chi connectivity index (χ1v) is 2.95. The van der Waals surface area contributed by atoms with Crippen molar-refractivity contribution in [2.75, 3.05) is 0 Å². The van der Waals surface area contributed by atoms with Gasteiger partial charge in [-0.15, -0.1) is 0 Å². The Labute approximate surface area is 56.1 Å². The van der Waals surface area contributed by atoms with Crippen molar-refractivity contribution in [1.82, 2.24) is 0 Å². The largest absolute Gasteiger partial charge is 0.382 e. The standard InChI is InChI=1S/C4H7IO2/c1-4(2,7)3(5)6/h7H,1-2H3. The van der Waals surface area contributed by atoms with E-state index < -0.39 is 5.60 Å². The van der Waals surface area contributed by atoms with E-state index in [0.717, 1.165) is 0 Å². The van der Waals surface area contributed by atoms with Crippen LogP contribution >= 0.6 is 22.6 Å². The van der Waals surface area contributed by atoms with Crippen LogP contribution in [0.25, 0.3) is 0 Å². The molecule has 0 aromatic rings. The molecule has 2 nitrogen and oxygen atoms in total. The molecule has 0 spiro atoms.